The van der Waals surface area contributed by atoms with E-state index in [2.05, 4.69) is 59.9 Å². The molecule has 0 saturated heterocycles. The molecule has 1 heterocycles. The number of carbonyl (C=O) groups is 1. The van der Waals surface area contributed by atoms with Crippen molar-refractivity contribution >= 4 is 16.9 Å². The zero-order chi connectivity index (χ0) is 24.1. The molecule has 2 N–H and O–H groups in total. The van der Waals surface area contributed by atoms with Crippen molar-refractivity contribution in [3.8, 4) is 23.0 Å². The number of hydrogen-bond acceptors (Lipinski definition) is 3. The van der Waals surface area contributed by atoms with Gasteiger partial charge in [-0.15, -0.1) is 0 Å². The molecular formula is C29H29N3O2. The fraction of sp³-hybridized carbons (Fsp3) is 0.207. The Morgan fingerprint density at radius 2 is 1.74 bits per heavy atom. The number of carboxylic acids is 1. The van der Waals surface area contributed by atoms with Crippen LogP contribution >= 0.6 is 0 Å². The summed E-state index contributed by atoms with van der Waals surface area (Å²) in [5.41, 5.74) is 5.49. The first-order chi connectivity index (χ1) is 16.4. The maximum Gasteiger partial charge on any atom is 0.336 e. The van der Waals surface area contributed by atoms with Crippen LogP contribution in [0, 0.1) is 11.8 Å². The third-order valence-corrected chi connectivity index (χ3v) is 5.82. The van der Waals surface area contributed by atoms with Gasteiger partial charge < -0.3 is 19.9 Å². The number of aromatic carboxylic acids is 1. The van der Waals surface area contributed by atoms with Gasteiger partial charge in [-0.05, 0) is 74.1 Å². The van der Waals surface area contributed by atoms with E-state index in [0.29, 0.717) is 11.1 Å². The Kier molecular flexibility index (Phi) is 7.12. The molecular weight excluding hydrogens is 422 g/mol. The minimum absolute atomic E-state index is 0.244. The highest BCUT2D eigenvalue weighted by molar-refractivity contribution is 5.99. The van der Waals surface area contributed by atoms with Crippen molar-refractivity contribution in [1.29, 1.82) is 0 Å². The van der Waals surface area contributed by atoms with Gasteiger partial charge in [-0.2, -0.15) is 0 Å². The van der Waals surface area contributed by atoms with Crippen LogP contribution in [0.25, 0.3) is 22.0 Å². The van der Waals surface area contributed by atoms with E-state index in [9.17, 15) is 9.90 Å². The molecule has 5 nitrogen and oxygen atoms in total. The normalized spacial score (nSPS) is 11.1. The van der Waals surface area contributed by atoms with E-state index in [1.54, 1.807) is 12.1 Å². The van der Waals surface area contributed by atoms with Gasteiger partial charge in [0.05, 0.1) is 5.56 Å². The maximum atomic E-state index is 12.0. The summed E-state index contributed by atoms with van der Waals surface area (Å²) >= 11 is 0. The van der Waals surface area contributed by atoms with Gasteiger partial charge in [0.25, 0.3) is 0 Å². The van der Waals surface area contributed by atoms with Crippen LogP contribution in [0.2, 0.25) is 0 Å². The summed E-state index contributed by atoms with van der Waals surface area (Å²) in [7, 11) is 6.29. The van der Waals surface area contributed by atoms with Crippen LogP contribution in [0.1, 0.15) is 27.0 Å². The Morgan fingerprint density at radius 3 is 2.47 bits per heavy atom. The molecule has 0 bridgehead atoms. The number of aromatic amines is 1. The van der Waals surface area contributed by atoms with Crippen molar-refractivity contribution in [2.45, 2.75) is 6.54 Å². The monoisotopic (exact) mass is 451 g/mol. The first-order valence-electron chi connectivity index (χ1n) is 11.3. The van der Waals surface area contributed by atoms with Crippen molar-refractivity contribution in [3.63, 3.8) is 0 Å². The molecule has 0 atom stereocenters. The molecule has 0 aliphatic heterocycles. The highest BCUT2D eigenvalue weighted by atomic mass is 16.4. The second-order valence-corrected chi connectivity index (χ2v) is 8.80. The van der Waals surface area contributed by atoms with Crippen molar-refractivity contribution in [2.75, 3.05) is 34.2 Å². The SMILES string of the molecule is CN(C)CCN(C)Cc1ccc(C#Cc2cccc(C(=O)O)c2-c2ccc3cc[nH]c3c2)cc1. The number of fused-ring (bicyclic) bond motifs is 1. The Labute approximate surface area is 200 Å². The lowest BCUT2D eigenvalue weighted by atomic mass is 9.93. The van der Waals surface area contributed by atoms with Gasteiger partial charge in [-0.3, -0.25) is 0 Å². The van der Waals surface area contributed by atoms with Gasteiger partial charge in [0.1, 0.15) is 0 Å². The summed E-state index contributed by atoms with van der Waals surface area (Å²) in [6.45, 7) is 2.91. The highest BCUT2D eigenvalue weighted by Crippen LogP contribution is 2.30. The molecule has 0 spiro atoms. The number of nitrogens with zero attached hydrogens (tertiary/aromatic N) is 2. The van der Waals surface area contributed by atoms with E-state index >= 15 is 0 Å². The van der Waals surface area contributed by atoms with Crippen LogP contribution < -0.4 is 0 Å². The molecule has 0 aliphatic rings. The molecule has 172 valence electrons. The number of aromatic nitrogens is 1. The van der Waals surface area contributed by atoms with Crippen molar-refractivity contribution in [3.05, 3.63) is 95.2 Å². The van der Waals surface area contributed by atoms with E-state index in [0.717, 1.165) is 41.7 Å². The number of likely N-dealkylation sites (N-methyl/N-ethyl adjacent to an activating group) is 2. The van der Waals surface area contributed by atoms with E-state index in [-0.39, 0.29) is 5.56 Å². The number of benzene rings is 3. The van der Waals surface area contributed by atoms with Crippen molar-refractivity contribution in [2.24, 2.45) is 0 Å². The van der Waals surface area contributed by atoms with Gasteiger partial charge in [0, 0.05) is 48.0 Å². The predicted molar refractivity (Wildman–Crippen MR) is 138 cm³/mol. The summed E-state index contributed by atoms with van der Waals surface area (Å²) in [6.07, 6.45) is 1.88. The van der Waals surface area contributed by atoms with Crippen molar-refractivity contribution < 1.29 is 9.90 Å². The van der Waals surface area contributed by atoms with Crippen LogP contribution in [0.5, 0.6) is 0 Å². The zero-order valence-electron chi connectivity index (χ0n) is 19.8. The smallest absolute Gasteiger partial charge is 0.336 e. The molecule has 0 radical (unpaired) electrons. The van der Waals surface area contributed by atoms with E-state index in [4.69, 9.17) is 0 Å². The van der Waals surface area contributed by atoms with E-state index in [1.807, 2.05) is 48.7 Å². The van der Waals surface area contributed by atoms with E-state index in [1.165, 1.54) is 5.56 Å². The summed E-state index contributed by atoms with van der Waals surface area (Å²) in [5.74, 6) is 5.47. The first-order valence-corrected chi connectivity index (χ1v) is 11.3. The topological polar surface area (TPSA) is 59.6 Å². The van der Waals surface area contributed by atoms with Gasteiger partial charge in [-0.1, -0.05) is 42.2 Å². The van der Waals surface area contributed by atoms with Crippen LogP contribution in [0.15, 0.2) is 72.9 Å². The maximum absolute atomic E-state index is 12.0. The minimum Gasteiger partial charge on any atom is -0.478 e. The van der Waals surface area contributed by atoms with Gasteiger partial charge in [-0.25, -0.2) is 4.79 Å². The number of carboxylic acid groups (broad SMARTS) is 1. The molecule has 3 aromatic carbocycles. The molecule has 0 saturated carbocycles. The number of nitrogens with one attached hydrogen (secondary N) is 1. The molecule has 34 heavy (non-hydrogen) atoms. The number of rotatable bonds is 7. The van der Waals surface area contributed by atoms with Gasteiger partial charge in [0.15, 0.2) is 0 Å². The average Bonchev–Trinajstić information content (AvgIpc) is 3.30. The predicted octanol–water partition coefficient (Wildman–Crippen LogP) is 4.93. The Bertz CT molecular complexity index is 1360. The second kappa shape index (κ2) is 10.4. The third kappa shape index (κ3) is 5.55. The average molecular weight is 452 g/mol. The molecule has 4 rings (SSSR count). The fourth-order valence-corrected chi connectivity index (χ4v) is 3.94. The lowest BCUT2D eigenvalue weighted by Crippen LogP contribution is -2.28. The van der Waals surface area contributed by atoms with Crippen LogP contribution in [0.3, 0.4) is 0 Å². The summed E-state index contributed by atoms with van der Waals surface area (Å²) < 4.78 is 0. The Hall–Kier alpha value is -3.85. The van der Waals surface area contributed by atoms with Crippen molar-refractivity contribution in [1.82, 2.24) is 14.8 Å². The molecule has 1 aromatic heterocycles. The Morgan fingerprint density at radius 1 is 0.941 bits per heavy atom. The third-order valence-electron chi connectivity index (χ3n) is 5.82. The van der Waals surface area contributed by atoms with E-state index < -0.39 is 5.97 Å². The molecule has 0 fully saturated rings. The number of H-pyrrole nitrogens is 1. The Balaban J connectivity index is 1.61. The second-order valence-electron chi connectivity index (χ2n) is 8.80. The lowest BCUT2D eigenvalue weighted by molar-refractivity contribution is 0.0697. The van der Waals surface area contributed by atoms with Gasteiger partial charge >= 0.3 is 5.97 Å². The summed E-state index contributed by atoms with van der Waals surface area (Å²) in [6, 6.07) is 21.4. The van der Waals surface area contributed by atoms with Crippen LogP contribution in [-0.2, 0) is 6.54 Å². The molecule has 0 unspecified atom stereocenters. The first kappa shape index (κ1) is 23.3. The lowest BCUT2D eigenvalue weighted by Gasteiger charge is -2.19. The van der Waals surface area contributed by atoms with Crippen LogP contribution in [-0.4, -0.2) is 60.1 Å². The number of hydrogen-bond donors (Lipinski definition) is 2. The fourth-order valence-electron chi connectivity index (χ4n) is 3.94. The molecule has 0 aliphatic carbocycles. The quantitative estimate of drug-likeness (QED) is 0.391. The van der Waals surface area contributed by atoms with Crippen LogP contribution in [0.4, 0.5) is 0 Å². The zero-order valence-corrected chi connectivity index (χ0v) is 19.8. The largest absolute Gasteiger partial charge is 0.478 e. The molecule has 4 aromatic rings. The van der Waals surface area contributed by atoms with Gasteiger partial charge in [0.2, 0.25) is 0 Å². The molecule has 5 heteroatoms. The summed E-state index contributed by atoms with van der Waals surface area (Å²) in [4.78, 5) is 19.7. The standard InChI is InChI=1S/C29H29N3O2/c1-31(2)17-18-32(3)20-22-9-7-21(8-10-22)11-12-24-5-4-6-26(29(33)34)28(24)25-14-13-23-15-16-30-27(23)19-25/h4-10,13-16,19,30H,17-18,20H2,1-3H3,(H,33,34). The highest BCUT2D eigenvalue weighted by Gasteiger charge is 2.15. The summed E-state index contributed by atoms with van der Waals surface area (Å²) in [5, 5.41) is 10.9. The minimum atomic E-state index is -0.965. The molecule has 0 amide bonds.